The molecule has 2 heterocycles. The number of rotatable bonds is 3. The minimum Gasteiger partial charge on any atom is -0.507 e. The third-order valence-electron chi connectivity index (χ3n) is 4.93. The van der Waals surface area contributed by atoms with Crippen molar-refractivity contribution in [3.63, 3.8) is 0 Å². The molecule has 11 heteroatoms. The van der Waals surface area contributed by atoms with Crippen LogP contribution in [0.4, 0.5) is 0 Å². The number of phenolic OH excluding ortho intramolecular Hbond substituents is 1. The molecule has 0 saturated heterocycles. The Bertz CT molecular complexity index is 962. The SMILES string of the molecule is COc1cc(O)c2c(c1C)C(=O)O[C@H](CO)CCC(=O)N[C@H](c1nc(C)no1)CSC2. The Labute approximate surface area is 183 Å². The van der Waals surface area contributed by atoms with Crippen LogP contribution in [0.15, 0.2) is 10.6 Å². The first-order chi connectivity index (χ1) is 14.8. The van der Waals surface area contributed by atoms with Crippen molar-refractivity contribution in [1.29, 1.82) is 0 Å². The number of esters is 1. The molecule has 0 bridgehead atoms. The first-order valence-corrected chi connectivity index (χ1v) is 10.9. The molecule has 3 rings (SSSR count). The number of aliphatic hydroxyl groups is 1. The number of carbonyl (C=O) groups is 2. The van der Waals surface area contributed by atoms with Crippen LogP contribution < -0.4 is 10.1 Å². The third-order valence-corrected chi connectivity index (χ3v) is 5.99. The number of thioether (sulfide) groups is 1. The molecule has 0 spiro atoms. The highest BCUT2D eigenvalue weighted by molar-refractivity contribution is 7.98. The van der Waals surface area contributed by atoms with Crippen molar-refractivity contribution in [3.8, 4) is 11.5 Å². The number of fused-ring (bicyclic) bond motifs is 1. The van der Waals surface area contributed by atoms with E-state index in [1.165, 1.54) is 24.9 Å². The Morgan fingerprint density at radius 3 is 2.77 bits per heavy atom. The van der Waals surface area contributed by atoms with Crippen LogP contribution in [0.25, 0.3) is 0 Å². The highest BCUT2D eigenvalue weighted by Gasteiger charge is 2.28. The number of aromatic nitrogens is 2. The van der Waals surface area contributed by atoms with Crippen LogP contribution in [-0.4, -0.2) is 57.8 Å². The number of aromatic hydroxyl groups is 1. The van der Waals surface area contributed by atoms with Crippen LogP contribution in [-0.2, 0) is 15.3 Å². The highest BCUT2D eigenvalue weighted by atomic mass is 32.2. The second kappa shape index (κ2) is 10.0. The summed E-state index contributed by atoms with van der Waals surface area (Å²) in [6.45, 7) is 2.94. The molecule has 1 aromatic carbocycles. The van der Waals surface area contributed by atoms with Crippen LogP contribution >= 0.6 is 11.8 Å². The van der Waals surface area contributed by atoms with E-state index in [4.69, 9.17) is 14.0 Å². The smallest absolute Gasteiger partial charge is 0.339 e. The molecule has 2 atom stereocenters. The second-order valence-electron chi connectivity index (χ2n) is 7.14. The quantitative estimate of drug-likeness (QED) is 0.591. The van der Waals surface area contributed by atoms with Gasteiger partial charge in [0.1, 0.15) is 23.6 Å². The fraction of sp³-hybridized carbons (Fsp3) is 0.500. The number of cyclic esters (lactones) is 1. The summed E-state index contributed by atoms with van der Waals surface area (Å²) in [5.41, 5.74) is 1.09. The molecule has 0 radical (unpaired) electrons. The second-order valence-corrected chi connectivity index (χ2v) is 8.17. The monoisotopic (exact) mass is 451 g/mol. The number of aryl methyl sites for hydroxylation is 1. The molecule has 1 aromatic heterocycles. The van der Waals surface area contributed by atoms with Gasteiger partial charge in [-0.05, 0) is 20.3 Å². The van der Waals surface area contributed by atoms with Gasteiger partial charge in [-0.25, -0.2) is 4.79 Å². The average molecular weight is 452 g/mol. The van der Waals surface area contributed by atoms with Crippen molar-refractivity contribution in [2.75, 3.05) is 19.5 Å². The molecular formula is C20H25N3O7S. The van der Waals surface area contributed by atoms with Crippen molar-refractivity contribution in [2.24, 2.45) is 0 Å². The molecule has 1 aliphatic heterocycles. The Hall–Kier alpha value is -2.79. The number of hydrogen-bond acceptors (Lipinski definition) is 10. The van der Waals surface area contributed by atoms with E-state index in [1.54, 1.807) is 13.8 Å². The van der Waals surface area contributed by atoms with Gasteiger partial charge in [0.25, 0.3) is 0 Å². The first-order valence-electron chi connectivity index (χ1n) is 9.72. The average Bonchev–Trinajstić information content (AvgIpc) is 3.18. The van der Waals surface area contributed by atoms with Gasteiger partial charge in [-0.15, -0.1) is 0 Å². The number of methoxy groups -OCH3 is 1. The summed E-state index contributed by atoms with van der Waals surface area (Å²) in [7, 11) is 1.44. The number of benzene rings is 1. The fourth-order valence-corrected chi connectivity index (χ4v) is 4.37. The van der Waals surface area contributed by atoms with Crippen LogP contribution in [0, 0.1) is 13.8 Å². The van der Waals surface area contributed by atoms with E-state index >= 15 is 0 Å². The van der Waals surface area contributed by atoms with Crippen LogP contribution in [0.2, 0.25) is 0 Å². The molecule has 0 saturated carbocycles. The maximum absolute atomic E-state index is 12.9. The lowest BCUT2D eigenvalue weighted by atomic mass is 10.0. The topological polar surface area (TPSA) is 144 Å². The van der Waals surface area contributed by atoms with Crippen LogP contribution in [0.5, 0.6) is 11.5 Å². The van der Waals surface area contributed by atoms with Crippen molar-refractivity contribution in [1.82, 2.24) is 15.5 Å². The Morgan fingerprint density at radius 1 is 1.35 bits per heavy atom. The zero-order chi connectivity index (χ0) is 22.5. The van der Waals surface area contributed by atoms with Gasteiger partial charge >= 0.3 is 5.97 Å². The minimum absolute atomic E-state index is 0.0298. The van der Waals surface area contributed by atoms with E-state index in [9.17, 15) is 19.8 Å². The van der Waals surface area contributed by atoms with Gasteiger partial charge in [0.15, 0.2) is 5.82 Å². The van der Waals surface area contributed by atoms with Gasteiger partial charge in [0.2, 0.25) is 11.8 Å². The molecule has 10 nitrogen and oxygen atoms in total. The number of nitrogens with one attached hydrogen (secondary N) is 1. The van der Waals surface area contributed by atoms with Crippen molar-refractivity contribution < 1.29 is 33.8 Å². The lowest BCUT2D eigenvalue weighted by Crippen LogP contribution is -2.31. The van der Waals surface area contributed by atoms with Gasteiger partial charge in [-0.1, -0.05) is 5.16 Å². The summed E-state index contributed by atoms with van der Waals surface area (Å²) >= 11 is 1.38. The van der Waals surface area contributed by atoms with Crippen LogP contribution in [0.1, 0.15) is 52.1 Å². The number of aliphatic hydroxyl groups excluding tert-OH is 1. The number of nitrogens with zero attached hydrogens (tertiary/aromatic N) is 2. The number of ether oxygens (including phenoxy) is 2. The molecule has 0 unspecified atom stereocenters. The molecule has 1 amide bonds. The van der Waals surface area contributed by atoms with E-state index in [0.29, 0.717) is 28.5 Å². The summed E-state index contributed by atoms with van der Waals surface area (Å²) in [5, 5.41) is 26.8. The van der Waals surface area contributed by atoms with Gasteiger partial charge in [-0.3, -0.25) is 4.79 Å². The van der Waals surface area contributed by atoms with Gasteiger partial charge in [-0.2, -0.15) is 16.7 Å². The van der Waals surface area contributed by atoms with Crippen molar-refractivity contribution in [3.05, 3.63) is 34.5 Å². The number of carbonyl (C=O) groups excluding carboxylic acids is 2. The molecule has 168 valence electrons. The Morgan fingerprint density at radius 2 is 2.13 bits per heavy atom. The fourth-order valence-electron chi connectivity index (χ4n) is 3.30. The number of amides is 1. The molecule has 0 aliphatic carbocycles. The van der Waals surface area contributed by atoms with Gasteiger partial charge in [0, 0.05) is 35.1 Å². The zero-order valence-electron chi connectivity index (χ0n) is 17.5. The zero-order valence-corrected chi connectivity index (χ0v) is 18.3. The van der Waals surface area contributed by atoms with E-state index in [-0.39, 0.29) is 41.7 Å². The van der Waals surface area contributed by atoms with E-state index in [2.05, 4.69) is 15.5 Å². The Kier molecular flexibility index (Phi) is 7.39. The largest absolute Gasteiger partial charge is 0.507 e. The summed E-state index contributed by atoms with van der Waals surface area (Å²) in [6.07, 6.45) is -0.723. The summed E-state index contributed by atoms with van der Waals surface area (Å²) < 4.78 is 16.0. The van der Waals surface area contributed by atoms with Crippen molar-refractivity contribution >= 4 is 23.6 Å². The normalized spacial score (nSPS) is 20.5. The van der Waals surface area contributed by atoms with E-state index in [0.717, 1.165) is 0 Å². The highest BCUT2D eigenvalue weighted by Crippen LogP contribution is 2.36. The summed E-state index contributed by atoms with van der Waals surface area (Å²) in [6, 6.07) is 0.901. The predicted octanol–water partition coefficient (Wildman–Crippen LogP) is 1.80. The van der Waals surface area contributed by atoms with Gasteiger partial charge in [0.05, 0.1) is 19.3 Å². The molecular weight excluding hydrogens is 426 g/mol. The maximum Gasteiger partial charge on any atom is 0.339 e. The third kappa shape index (κ3) is 5.28. The van der Waals surface area contributed by atoms with Crippen LogP contribution in [0.3, 0.4) is 0 Å². The lowest BCUT2D eigenvalue weighted by molar-refractivity contribution is -0.122. The Balaban J connectivity index is 1.98. The summed E-state index contributed by atoms with van der Waals surface area (Å²) in [5.74, 6) is 0.598. The number of hydrogen-bond donors (Lipinski definition) is 3. The molecule has 1 aliphatic rings. The first kappa shape index (κ1) is 22.9. The number of phenols is 1. The molecule has 0 fully saturated rings. The standard InChI is InChI=1S/C20H25N3O7S/c1-10-16(28-3)6-15(25)13-8-31-9-14(19-21-11(2)23-30-19)22-17(26)5-4-12(7-24)29-20(27)18(10)13/h6,12,14,24-25H,4-5,7-9H2,1-3H3,(H,22,26)/t12-,14-/m0/s1. The van der Waals surface area contributed by atoms with Crippen molar-refractivity contribution in [2.45, 2.75) is 44.6 Å². The van der Waals surface area contributed by atoms with Gasteiger partial charge < -0.3 is 29.5 Å². The lowest BCUT2D eigenvalue weighted by Gasteiger charge is -2.19. The maximum atomic E-state index is 12.9. The molecule has 2 aromatic rings. The predicted molar refractivity (Wildman–Crippen MR) is 111 cm³/mol. The molecule has 31 heavy (non-hydrogen) atoms. The molecule has 3 N–H and O–H groups in total. The summed E-state index contributed by atoms with van der Waals surface area (Å²) in [4.78, 5) is 29.6. The van der Waals surface area contributed by atoms with E-state index in [1.807, 2.05) is 0 Å². The van der Waals surface area contributed by atoms with E-state index < -0.39 is 24.7 Å². The minimum atomic E-state index is -0.878.